The van der Waals surface area contributed by atoms with Crippen LogP contribution in [0, 0.1) is 5.82 Å². The highest BCUT2D eigenvalue weighted by atomic mass is 35.5. The van der Waals surface area contributed by atoms with E-state index in [0.717, 1.165) is 33.2 Å². The van der Waals surface area contributed by atoms with Gasteiger partial charge in [-0.15, -0.1) is 11.3 Å². The average molecular weight is 450 g/mol. The minimum Gasteiger partial charge on any atom is -0.267 e. The standard InChI is InChI=1S/C19H10Cl2FN3OS2/c20-16-9-13(17(21)28-16)18(26)25(23-10-11-4-2-1-3-5-11)19-24-14-7-6-12(22)8-15(14)27-19/h1-10H/b23-10+. The van der Waals surface area contributed by atoms with Crippen molar-refractivity contribution in [2.75, 3.05) is 5.01 Å². The molecule has 0 fully saturated rings. The molecule has 0 aliphatic rings. The Bertz CT molecular complexity index is 1190. The number of nitrogens with zero attached hydrogens (tertiary/aromatic N) is 3. The average Bonchev–Trinajstić information content (AvgIpc) is 3.24. The lowest BCUT2D eigenvalue weighted by molar-refractivity contribution is 0.0988. The highest BCUT2D eigenvalue weighted by Crippen LogP contribution is 2.35. The maximum absolute atomic E-state index is 13.5. The molecule has 0 saturated heterocycles. The molecule has 140 valence electrons. The Balaban J connectivity index is 1.78. The number of hydrogen-bond donors (Lipinski definition) is 0. The van der Waals surface area contributed by atoms with Gasteiger partial charge in [0.15, 0.2) is 0 Å². The zero-order chi connectivity index (χ0) is 19.7. The van der Waals surface area contributed by atoms with Crippen LogP contribution >= 0.6 is 45.9 Å². The summed E-state index contributed by atoms with van der Waals surface area (Å²) in [6, 6.07) is 15.1. The van der Waals surface area contributed by atoms with Crippen LogP contribution in [-0.2, 0) is 0 Å². The van der Waals surface area contributed by atoms with Crippen LogP contribution < -0.4 is 5.01 Å². The first kappa shape index (κ1) is 19.0. The molecule has 1 amide bonds. The number of anilines is 1. The van der Waals surface area contributed by atoms with Gasteiger partial charge in [-0.3, -0.25) is 4.79 Å². The number of carbonyl (C=O) groups excluding carboxylic acids is 1. The van der Waals surface area contributed by atoms with E-state index < -0.39 is 5.91 Å². The number of thiazole rings is 1. The van der Waals surface area contributed by atoms with Gasteiger partial charge in [-0.2, -0.15) is 10.1 Å². The summed E-state index contributed by atoms with van der Waals surface area (Å²) in [6.45, 7) is 0. The van der Waals surface area contributed by atoms with Gasteiger partial charge in [-0.1, -0.05) is 64.9 Å². The normalized spacial score (nSPS) is 11.4. The van der Waals surface area contributed by atoms with Crippen LogP contribution in [0.15, 0.2) is 59.7 Å². The smallest absolute Gasteiger partial charge is 0.267 e. The number of halogens is 3. The number of hydrogen-bond acceptors (Lipinski definition) is 5. The Kier molecular flexibility index (Phi) is 5.41. The summed E-state index contributed by atoms with van der Waals surface area (Å²) >= 11 is 14.4. The fourth-order valence-corrected chi connectivity index (χ4v) is 4.82. The molecule has 0 unspecified atom stereocenters. The first-order valence-corrected chi connectivity index (χ1v) is 10.3. The topological polar surface area (TPSA) is 45.6 Å². The van der Waals surface area contributed by atoms with Gasteiger partial charge in [0, 0.05) is 0 Å². The van der Waals surface area contributed by atoms with E-state index >= 15 is 0 Å². The second-order valence-corrected chi connectivity index (χ2v) is 8.91. The molecular formula is C19H10Cl2FN3OS2. The molecule has 0 atom stereocenters. The van der Waals surface area contributed by atoms with E-state index in [1.165, 1.54) is 18.2 Å². The summed E-state index contributed by atoms with van der Waals surface area (Å²) in [5.41, 5.74) is 1.61. The van der Waals surface area contributed by atoms with Crippen LogP contribution in [-0.4, -0.2) is 17.1 Å². The molecule has 0 aliphatic heterocycles. The molecule has 0 bridgehead atoms. The molecule has 28 heavy (non-hydrogen) atoms. The van der Waals surface area contributed by atoms with E-state index in [2.05, 4.69) is 10.1 Å². The van der Waals surface area contributed by atoms with Crippen molar-refractivity contribution in [2.24, 2.45) is 5.10 Å². The van der Waals surface area contributed by atoms with Gasteiger partial charge in [0.25, 0.3) is 5.91 Å². The van der Waals surface area contributed by atoms with Crippen molar-refractivity contribution in [3.63, 3.8) is 0 Å². The van der Waals surface area contributed by atoms with Crippen molar-refractivity contribution >= 4 is 73.3 Å². The Morgan fingerprint density at radius 2 is 1.89 bits per heavy atom. The second kappa shape index (κ2) is 7.97. The molecule has 9 heteroatoms. The van der Waals surface area contributed by atoms with E-state index in [4.69, 9.17) is 23.2 Å². The predicted molar refractivity (Wildman–Crippen MR) is 115 cm³/mol. The molecule has 0 radical (unpaired) electrons. The number of hydrazone groups is 1. The molecule has 0 N–H and O–H groups in total. The summed E-state index contributed by atoms with van der Waals surface area (Å²) < 4.78 is 14.8. The molecule has 0 spiro atoms. The van der Waals surface area contributed by atoms with Crippen LogP contribution in [0.5, 0.6) is 0 Å². The third-order valence-corrected chi connectivity index (χ3v) is 6.20. The van der Waals surface area contributed by atoms with Gasteiger partial charge in [-0.05, 0) is 29.8 Å². The van der Waals surface area contributed by atoms with Crippen molar-refractivity contribution in [3.8, 4) is 0 Å². The number of amides is 1. The van der Waals surface area contributed by atoms with Crippen LogP contribution in [0.1, 0.15) is 15.9 Å². The largest absolute Gasteiger partial charge is 0.283 e. The van der Waals surface area contributed by atoms with Gasteiger partial charge in [0.05, 0.1) is 26.3 Å². The van der Waals surface area contributed by atoms with Gasteiger partial charge >= 0.3 is 0 Å². The predicted octanol–water partition coefficient (Wildman–Crippen LogP) is 6.48. The molecule has 2 aromatic carbocycles. The first-order valence-electron chi connectivity index (χ1n) is 7.95. The summed E-state index contributed by atoms with van der Waals surface area (Å²) in [7, 11) is 0. The zero-order valence-electron chi connectivity index (χ0n) is 14.0. The molecule has 0 aliphatic carbocycles. The third-order valence-electron chi connectivity index (χ3n) is 3.72. The molecule has 0 saturated carbocycles. The summed E-state index contributed by atoms with van der Waals surface area (Å²) in [5, 5.41) is 5.78. The fourth-order valence-electron chi connectivity index (χ4n) is 2.43. The Morgan fingerprint density at radius 1 is 1.11 bits per heavy atom. The Labute approximate surface area is 177 Å². The number of rotatable bonds is 4. The van der Waals surface area contributed by atoms with Crippen LogP contribution in [0.2, 0.25) is 8.67 Å². The zero-order valence-corrected chi connectivity index (χ0v) is 17.1. The van der Waals surface area contributed by atoms with Crippen molar-refractivity contribution < 1.29 is 9.18 Å². The molecule has 4 nitrogen and oxygen atoms in total. The number of benzene rings is 2. The number of carbonyl (C=O) groups is 1. The van der Waals surface area contributed by atoms with E-state index in [-0.39, 0.29) is 15.7 Å². The van der Waals surface area contributed by atoms with Crippen LogP contribution in [0.4, 0.5) is 9.52 Å². The third kappa shape index (κ3) is 3.93. The molecular weight excluding hydrogens is 440 g/mol. The van der Waals surface area contributed by atoms with E-state index in [9.17, 15) is 9.18 Å². The fraction of sp³-hybridized carbons (Fsp3) is 0. The maximum Gasteiger partial charge on any atom is 0.283 e. The number of fused-ring (bicyclic) bond motifs is 1. The van der Waals surface area contributed by atoms with Crippen LogP contribution in [0.25, 0.3) is 10.2 Å². The molecule has 4 rings (SSSR count). The minimum absolute atomic E-state index is 0.229. The monoisotopic (exact) mass is 449 g/mol. The lowest BCUT2D eigenvalue weighted by atomic mass is 10.2. The highest BCUT2D eigenvalue weighted by Gasteiger charge is 2.25. The van der Waals surface area contributed by atoms with Crippen molar-refractivity contribution in [3.05, 3.63) is 80.2 Å². The summed E-state index contributed by atoms with van der Waals surface area (Å²) in [4.78, 5) is 17.5. The minimum atomic E-state index is -0.472. The van der Waals surface area contributed by atoms with Crippen LogP contribution in [0.3, 0.4) is 0 Å². The Morgan fingerprint density at radius 3 is 2.61 bits per heavy atom. The quantitative estimate of drug-likeness (QED) is 0.264. The van der Waals surface area contributed by atoms with E-state index in [1.807, 2.05) is 30.3 Å². The molecule has 2 heterocycles. The number of thiophene rings is 1. The SMILES string of the molecule is O=C(c1cc(Cl)sc1Cl)N(/N=C/c1ccccc1)c1nc2ccc(F)cc2s1. The second-order valence-electron chi connectivity index (χ2n) is 5.62. The van der Waals surface area contributed by atoms with Gasteiger partial charge in [-0.25, -0.2) is 9.37 Å². The van der Waals surface area contributed by atoms with Gasteiger partial charge in [0.2, 0.25) is 5.13 Å². The Hall–Kier alpha value is -2.32. The highest BCUT2D eigenvalue weighted by molar-refractivity contribution is 7.22. The van der Waals surface area contributed by atoms with Crippen molar-refractivity contribution in [2.45, 2.75) is 0 Å². The van der Waals surface area contributed by atoms with Crippen molar-refractivity contribution in [1.82, 2.24) is 4.98 Å². The van der Waals surface area contributed by atoms with Gasteiger partial charge < -0.3 is 0 Å². The maximum atomic E-state index is 13.5. The molecule has 4 aromatic rings. The summed E-state index contributed by atoms with van der Waals surface area (Å²) in [6.07, 6.45) is 1.55. The first-order chi connectivity index (χ1) is 13.5. The van der Waals surface area contributed by atoms with E-state index in [0.29, 0.717) is 19.7 Å². The summed E-state index contributed by atoms with van der Waals surface area (Å²) in [5.74, 6) is -0.846. The van der Waals surface area contributed by atoms with Crippen molar-refractivity contribution in [1.29, 1.82) is 0 Å². The molecule has 2 aromatic heterocycles. The lowest BCUT2D eigenvalue weighted by Crippen LogP contribution is -2.25. The van der Waals surface area contributed by atoms with E-state index in [1.54, 1.807) is 12.3 Å². The lowest BCUT2D eigenvalue weighted by Gasteiger charge is -2.13. The van der Waals surface area contributed by atoms with Gasteiger partial charge in [0.1, 0.15) is 10.2 Å². The number of aromatic nitrogens is 1.